The van der Waals surface area contributed by atoms with Crippen molar-refractivity contribution in [1.29, 1.82) is 0 Å². The van der Waals surface area contributed by atoms with Crippen LogP contribution in [0.15, 0.2) is 30.3 Å². The van der Waals surface area contributed by atoms with E-state index in [1.165, 1.54) is 4.90 Å². The highest BCUT2D eigenvalue weighted by Gasteiger charge is 2.30. The van der Waals surface area contributed by atoms with Gasteiger partial charge in [0.05, 0.1) is 6.10 Å². The number of aliphatic hydroxyl groups is 1. The van der Waals surface area contributed by atoms with E-state index in [0.717, 1.165) is 0 Å². The molecule has 6 heteroatoms. The molecule has 2 rings (SSSR count). The zero-order valence-corrected chi connectivity index (χ0v) is 10.3. The van der Waals surface area contributed by atoms with Crippen molar-refractivity contribution in [3.8, 4) is 0 Å². The van der Waals surface area contributed by atoms with Gasteiger partial charge in [0, 0.05) is 13.1 Å². The molecule has 0 aliphatic carbocycles. The van der Waals surface area contributed by atoms with E-state index in [1.54, 1.807) is 30.3 Å². The number of nitrogens with one attached hydrogen (secondary N) is 1. The quantitative estimate of drug-likeness (QED) is 0.750. The lowest BCUT2D eigenvalue weighted by atomic mass is 10.1. The number of carbonyl (C=O) groups is 2. The molecule has 0 radical (unpaired) electrons. The molecule has 1 heterocycles. The van der Waals surface area contributed by atoms with Crippen LogP contribution in [0.5, 0.6) is 0 Å². The molecule has 1 saturated heterocycles. The van der Waals surface area contributed by atoms with Crippen molar-refractivity contribution < 1.29 is 19.8 Å². The maximum atomic E-state index is 12.3. The van der Waals surface area contributed by atoms with Crippen molar-refractivity contribution in [1.82, 2.24) is 10.2 Å². The van der Waals surface area contributed by atoms with E-state index in [2.05, 4.69) is 5.32 Å². The number of hydrogen-bond donors (Lipinski definition) is 2. The maximum Gasteiger partial charge on any atom is 0.249 e. The van der Waals surface area contributed by atoms with E-state index in [1.807, 2.05) is 0 Å². The fraction of sp³-hybridized carbons (Fsp3) is 0.385. The minimum absolute atomic E-state index is 0.233. The second-order valence-electron chi connectivity index (χ2n) is 4.50. The van der Waals surface area contributed by atoms with Crippen LogP contribution in [0.3, 0.4) is 0 Å². The molecular formula is C13H15N2O4-. The van der Waals surface area contributed by atoms with Crippen molar-refractivity contribution in [2.45, 2.75) is 18.6 Å². The minimum Gasteiger partial charge on any atom is -0.530 e. The summed E-state index contributed by atoms with van der Waals surface area (Å²) in [6.07, 6.45) is -1.52. The first-order valence-electron chi connectivity index (χ1n) is 6.07. The Hall–Kier alpha value is -2.08. The molecule has 0 unspecified atom stereocenters. The van der Waals surface area contributed by atoms with Gasteiger partial charge in [0.25, 0.3) is 0 Å². The lowest BCUT2D eigenvalue weighted by Crippen LogP contribution is -2.46. The van der Waals surface area contributed by atoms with Crippen LogP contribution in [0.25, 0.3) is 0 Å². The summed E-state index contributed by atoms with van der Waals surface area (Å²) in [4.78, 5) is 24.5. The van der Waals surface area contributed by atoms with Crippen LogP contribution in [0.2, 0.25) is 0 Å². The molecule has 1 aliphatic rings. The number of hydrogen-bond acceptors (Lipinski definition) is 4. The Kier molecular flexibility index (Phi) is 4.01. The molecule has 2 atom stereocenters. The van der Waals surface area contributed by atoms with Crippen LogP contribution in [0.4, 0.5) is 4.79 Å². The second-order valence-corrected chi connectivity index (χ2v) is 4.50. The van der Waals surface area contributed by atoms with Gasteiger partial charge in [-0.2, -0.15) is 0 Å². The summed E-state index contributed by atoms with van der Waals surface area (Å²) in [6, 6.07) is 7.59. The van der Waals surface area contributed by atoms with Crippen molar-refractivity contribution in [3.05, 3.63) is 35.9 Å². The monoisotopic (exact) mass is 263 g/mol. The van der Waals surface area contributed by atoms with E-state index in [9.17, 15) is 19.8 Å². The zero-order valence-electron chi connectivity index (χ0n) is 10.3. The van der Waals surface area contributed by atoms with Crippen LogP contribution < -0.4 is 10.4 Å². The van der Waals surface area contributed by atoms with Gasteiger partial charge >= 0.3 is 0 Å². The van der Waals surface area contributed by atoms with Crippen molar-refractivity contribution in [3.63, 3.8) is 0 Å². The normalized spacial score (nSPS) is 20.1. The number of likely N-dealkylation sites (tertiary alicyclic amines) is 1. The van der Waals surface area contributed by atoms with Crippen LogP contribution in [-0.2, 0) is 4.79 Å². The first-order valence-corrected chi connectivity index (χ1v) is 6.07. The average molecular weight is 263 g/mol. The molecule has 1 aromatic carbocycles. The summed E-state index contributed by atoms with van der Waals surface area (Å²) < 4.78 is 0. The second kappa shape index (κ2) is 5.71. The topological polar surface area (TPSA) is 92.7 Å². The van der Waals surface area contributed by atoms with Gasteiger partial charge in [-0.3, -0.25) is 4.79 Å². The molecule has 6 nitrogen and oxygen atoms in total. The van der Waals surface area contributed by atoms with Gasteiger partial charge in [-0.25, -0.2) is 0 Å². The highest BCUT2D eigenvalue weighted by Crippen LogP contribution is 2.19. The Morgan fingerprint density at radius 1 is 1.37 bits per heavy atom. The van der Waals surface area contributed by atoms with Gasteiger partial charge in [-0.15, -0.1) is 0 Å². The molecule has 0 spiro atoms. The molecule has 2 amide bonds. The average Bonchev–Trinajstić information content (AvgIpc) is 2.83. The number of aliphatic hydroxyl groups excluding tert-OH is 1. The Morgan fingerprint density at radius 2 is 2.05 bits per heavy atom. The Morgan fingerprint density at radius 3 is 2.58 bits per heavy atom. The maximum absolute atomic E-state index is 12.3. The molecule has 19 heavy (non-hydrogen) atoms. The van der Waals surface area contributed by atoms with Gasteiger partial charge in [-0.05, 0) is 12.0 Å². The van der Waals surface area contributed by atoms with Gasteiger partial charge in [0.15, 0.2) is 0 Å². The number of amides is 2. The van der Waals surface area contributed by atoms with Gasteiger partial charge < -0.3 is 25.2 Å². The van der Waals surface area contributed by atoms with Crippen LogP contribution >= 0.6 is 0 Å². The molecule has 0 bridgehead atoms. The largest absolute Gasteiger partial charge is 0.530 e. The lowest BCUT2D eigenvalue weighted by molar-refractivity contribution is -0.251. The SMILES string of the molecule is O=C([O-])N[C@H](C(=O)N1CC[C@@H](O)C1)c1ccccc1. The van der Waals surface area contributed by atoms with Crippen molar-refractivity contribution >= 4 is 12.0 Å². The number of rotatable bonds is 3. The van der Waals surface area contributed by atoms with E-state index in [4.69, 9.17) is 0 Å². The Bertz CT molecular complexity index is 463. The standard InChI is InChI=1S/C13H16N2O4/c16-10-6-7-15(8-10)12(17)11(14-13(18)19)9-4-2-1-3-5-9/h1-5,10-11,14,16H,6-8H2,(H,18,19)/p-1/t10-,11+/m1/s1. The van der Waals surface area contributed by atoms with Crippen LogP contribution in [0.1, 0.15) is 18.0 Å². The van der Waals surface area contributed by atoms with Gasteiger partial charge in [0.2, 0.25) is 5.91 Å². The number of benzene rings is 1. The highest BCUT2D eigenvalue weighted by atomic mass is 16.4. The third-order valence-corrected chi connectivity index (χ3v) is 3.12. The van der Waals surface area contributed by atoms with E-state index >= 15 is 0 Å². The number of carboxylic acid groups (broad SMARTS) is 1. The van der Waals surface area contributed by atoms with E-state index in [0.29, 0.717) is 18.5 Å². The first kappa shape index (κ1) is 13.4. The number of β-amino-alcohol motifs (C(OH)–C–C–N with tert-alkyl or cyclic N) is 1. The first-order chi connectivity index (χ1) is 9.08. The smallest absolute Gasteiger partial charge is 0.249 e. The number of carbonyl (C=O) groups excluding carboxylic acids is 2. The molecule has 1 aliphatic heterocycles. The van der Waals surface area contributed by atoms with Gasteiger partial charge in [-0.1, -0.05) is 30.3 Å². The predicted octanol–water partition coefficient (Wildman–Crippen LogP) is -0.746. The summed E-state index contributed by atoms with van der Waals surface area (Å²) >= 11 is 0. The molecular weight excluding hydrogens is 248 g/mol. The molecule has 1 aromatic rings. The van der Waals surface area contributed by atoms with Crippen molar-refractivity contribution in [2.75, 3.05) is 13.1 Å². The fourth-order valence-electron chi connectivity index (χ4n) is 2.18. The Labute approximate surface area is 110 Å². The molecule has 0 aromatic heterocycles. The molecule has 102 valence electrons. The molecule has 0 saturated carbocycles. The van der Waals surface area contributed by atoms with E-state index in [-0.39, 0.29) is 12.5 Å². The van der Waals surface area contributed by atoms with E-state index < -0.39 is 18.2 Å². The summed E-state index contributed by atoms with van der Waals surface area (Å²) in [7, 11) is 0. The summed E-state index contributed by atoms with van der Waals surface area (Å²) in [5, 5.41) is 22.3. The minimum atomic E-state index is -1.50. The Balaban J connectivity index is 2.18. The fourth-order valence-corrected chi connectivity index (χ4v) is 2.18. The van der Waals surface area contributed by atoms with Gasteiger partial charge in [0.1, 0.15) is 12.1 Å². The molecule has 2 N–H and O–H groups in total. The summed E-state index contributed by atoms with van der Waals surface area (Å²) in [5.74, 6) is -0.369. The third kappa shape index (κ3) is 3.23. The summed E-state index contributed by atoms with van der Waals surface area (Å²) in [5.41, 5.74) is 0.554. The molecule has 1 fully saturated rings. The lowest BCUT2D eigenvalue weighted by Gasteiger charge is -2.25. The van der Waals surface area contributed by atoms with Crippen LogP contribution in [0, 0.1) is 0 Å². The van der Waals surface area contributed by atoms with Crippen molar-refractivity contribution in [2.24, 2.45) is 0 Å². The number of nitrogens with zero attached hydrogens (tertiary/aromatic N) is 1. The highest BCUT2D eigenvalue weighted by molar-refractivity contribution is 5.86. The van der Waals surface area contributed by atoms with Crippen LogP contribution in [-0.4, -0.2) is 41.2 Å². The summed E-state index contributed by atoms with van der Waals surface area (Å²) in [6.45, 7) is 0.662. The predicted molar refractivity (Wildman–Crippen MR) is 64.9 cm³/mol. The zero-order chi connectivity index (χ0) is 13.8. The third-order valence-electron chi connectivity index (χ3n) is 3.12.